The maximum absolute atomic E-state index is 12.9. The molecule has 1 aliphatic rings. The van der Waals surface area contributed by atoms with Crippen molar-refractivity contribution in [1.82, 2.24) is 4.31 Å². The molecular formula is C23H26Cl2N2O5S. The van der Waals surface area contributed by atoms with E-state index in [1.165, 1.54) is 4.31 Å². The zero-order chi connectivity index (χ0) is 24.2. The highest BCUT2D eigenvalue weighted by molar-refractivity contribution is 7.88. The van der Waals surface area contributed by atoms with E-state index >= 15 is 0 Å². The first-order chi connectivity index (χ1) is 15.6. The van der Waals surface area contributed by atoms with E-state index < -0.39 is 16.0 Å². The van der Waals surface area contributed by atoms with Gasteiger partial charge >= 0.3 is 5.97 Å². The number of aryl methyl sites for hydroxylation is 1. The number of carbonyl (C=O) groups is 2. The molecule has 0 atom stereocenters. The molecule has 0 aromatic heterocycles. The molecule has 0 aliphatic carbocycles. The van der Waals surface area contributed by atoms with E-state index in [0.29, 0.717) is 39.7 Å². The Morgan fingerprint density at radius 1 is 1.12 bits per heavy atom. The molecule has 10 heteroatoms. The monoisotopic (exact) mass is 512 g/mol. The minimum Gasteiger partial charge on any atom is -0.462 e. The van der Waals surface area contributed by atoms with Crippen LogP contribution in [0.2, 0.25) is 10.0 Å². The molecule has 0 spiro atoms. The van der Waals surface area contributed by atoms with Crippen LogP contribution in [0.25, 0.3) is 0 Å². The van der Waals surface area contributed by atoms with E-state index in [1.54, 1.807) is 43.3 Å². The maximum atomic E-state index is 12.9. The molecule has 2 aromatic rings. The minimum atomic E-state index is -3.64. The van der Waals surface area contributed by atoms with Crippen LogP contribution in [0.3, 0.4) is 0 Å². The van der Waals surface area contributed by atoms with E-state index in [9.17, 15) is 18.0 Å². The SMILES string of the molecule is CCOC(=O)c1ccc(C)c(NC(=O)C2CCN(S(=O)(=O)Cc3c(Cl)cccc3Cl)CC2)c1. The number of carbonyl (C=O) groups excluding carboxylic acids is 2. The predicted octanol–water partition coefficient (Wildman–Crippen LogP) is 4.66. The molecule has 1 N–H and O–H groups in total. The fourth-order valence-electron chi connectivity index (χ4n) is 3.67. The van der Waals surface area contributed by atoms with Gasteiger partial charge in [0.1, 0.15) is 0 Å². The third-order valence-electron chi connectivity index (χ3n) is 5.61. The van der Waals surface area contributed by atoms with E-state index in [0.717, 1.165) is 5.56 Å². The number of hydrogen-bond acceptors (Lipinski definition) is 5. The summed E-state index contributed by atoms with van der Waals surface area (Å²) in [5, 5.41) is 3.49. The first-order valence-electron chi connectivity index (χ1n) is 10.6. The summed E-state index contributed by atoms with van der Waals surface area (Å²) in [6.45, 7) is 4.28. The Morgan fingerprint density at radius 3 is 2.36 bits per heavy atom. The Hall–Kier alpha value is -2.13. The Labute approximate surface area is 204 Å². The number of ether oxygens (including phenoxy) is 1. The van der Waals surface area contributed by atoms with Crippen molar-refractivity contribution in [3.63, 3.8) is 0 Å². The van der Waals surface area contributed by atoms with Crippen molar-refractivity contribution in [1.29, 1.82) is 0 Å². The fraction of sp³-hybridized carbons (Fsp3) is 0.391. The lowest BCUT2D eigenvalue weighted by Gasteiger charge is -2.31. The second-order valence-electron chi connectivity index (χ2n) is 7.87. The summed E-state index contributed by atoms with van der Waals surface area (Å²) in [6, 6.07) is 9.86. The van der Waals surface area contributed by atoms with E-state index in [-0.39, 0.29) is 37.3 Å². The van der Waals surface area contributed by atoms with Gasteiger partial charge in [0.25, 0.3) is 0 Å². The van der Waals surface area contributed by atoms with Gasteiger partial charge in [-0.25, -0.2) is 17.5 Å². The summed E-state index contributed by atoms with van der Waals surface area (Å²) in [5.41, 5.74) is 2.08. The van der Waals surface area contributed by atoms with Crippen LogP contribution in [0.5, 0.6) is 0 Å². The number of esters is 1. The molecule has 0 unspecified atom stereocenters. The summed E-state index contributed by atoms with van der Waals surface area (Å²) in [5.74, 6) is -1.29. The number of sulfonamides is 1. The van der Waals surface area contributed by atoms with Gasteiger partial charge in [0, 0.05) is 40.3 Å². The number of nitrogens with zero attached hydrogens (tertiary/aromatic N) is 1. The minimum absolute atomic E-state index is 0.203. The molecule has 2 aromatic carbocycles. The van der Waals surface area contributed by atoms with Crippen LogP contribution in [0.4, 0.5) is 5.69 Å². The number of nitrogens with one attached hydrogen (secondary N) is 1. The zero-order valence-corrected chi connectivity index (χ0v) is 20.8. The van der Waals surface area contributed by atoms with Gasteiger partial charge in [-0.2, -0.15) is 0 Å². The predicted molar refractivity (Wildman–Crippen MR) is 129 cm³/mol. The normalized spacial score (nSPS) is 15.3. The maximum Gasteiger partial charge on any atom is 0.338 e. The van der Waals surface area contributed by atoms with Gasteiger partial charge in [0.15, 0.2) is 0 Å². The van der Waals surface area contributed by atoms with Crippen LogP contribution in [0, 0.1) is 12.8 Å². The summed E-state index contributed by atoms with van der Waals surface area (Å²) >= 11 is 12.3. The number of rotatable bonds is 7. The largest absolute Gasteiger partial charge is 0.462 e. The van der Waals surface area contributed by atoms with Crippen molar-refractivity contribution in [2.24, 2.45) is 5.92 Å². The van der Waals surface area contributed by atoms with E-state index in [1.807, 2.05) is 6.92 Å². The summed E-state index contributed by atoms with van der Waals surface area (Å²) in [6.07, 6.45) is 0.774. The fourth-order valence-corrected chi connectivity index (χ4v) is 5.99. The number of halogens is 2. The van der Waals surface area contributed by atoms with Crippen LogP contribution in [-0.2, 0) is 25.3 Å². The number of hydrogen-bond donors (Lipinski definition) is 1. The standard InChI is InChI=1S/C23H26Cl2N2O5S/c1-3-32-23(29)17-8-7-15(2)21(13-17)26-22(28)16-9-11-27(12-10-16)33(30,31)14-18-19(24)5-4-6-20(18)25/h4-8,13,16H,3,9-12,14H2,1-2H3,(H,26,28). The first-order valence-corrected chi connectivity index (χ1v) is 13.0. The smallest absolute Gasteiger partial charge is 0.338 e. The van der Waals surface area contributed by atoms with Gasteiger partial charge in [-0.15, -0.1) is 0 Å². The third-order valence-corrected chi connectivity index (χ3v) is 8.13. The summed E-state index contributed by atoms with van der Waals surface area (Å²) in [4.78, 5) is 24.8. The molecule has 0 bridgehead atoms. The van der Waals surface area contributed by atoms with Gasteiger partial charge in [0.05, 0.1) is 17.9 Å². The molecular weight excluding hydrogens is 487 g/mol. The second-order valence-corrected chi connectivity index (χ2v) is 10.7. The number of amides is 1. The molecule has 7 nitrogen and oxygen atoms in total. The Balaban J connectivity index is 1.62. The van der Waals surface area contributed by atoms with Crippen LogP contribution in [-0.4, -0.2) is 44.3 Å². The molecule has 3 rings (SSSR count). The van der Waals surface area contributed by atoms with Crippen LogP contribution >= 0.6 is 23.2 Å². The van der Waals surface area contributed by atoms with Crippen LogP contribution in [0.1, 0.15) is 41.3 Å². The highest BCUT2D eigenvalue weighted by atomic mass is 35.5. The highest BCUT2D eigenvalue weighted by Crippen LogP contribution is 2.29. The Bertz CT molecular complexity index is 1130. The molecule has 178 valence electrons. The van der Waals surface area contributed by atoms with Gasteiger partial charge in [-0.1, -0.05) is 35.3 Å². The molecule has 0 radical (unpaired) electrons. The average Bonchev–Trinajstić information content (AvgIpc) is 2.78. The third kappa shape index (κ3) is 6.26. The van der Waals surface area contributed by atoms with Gasteiger partial charge in [-0.05, 0) is 56.5 Å². The number of benzene rings is 2. The molecule has 1 fully saturated rings. The van der Waals surface area contributed by atoms with Gasteiger partial charge in [0.2, 0.25) is 15.9 Å². The highest BCUT2D eigenvalue weighted by Gasteiger charge is 2.32. The lowest BCUT2D eigenvalue weighted by atomic mass is 9.97. The first kappa shape index (κ1) is 25.5. The van der Waals surface area contributed by atoms with E-state index in [4.69, 9.17) is 27.9 Å². The number of piperidine rings is 1. The quantitative estimate of drug-likeness (QED) is 0.544. The van der Waals surface area contributed by atoms with Crippen molar-refractivity contribution < 1.29 is 22.7 Å². The Kier molecular flexibility index (Phi) is 8.39. The second kappa shape index (κ2) is 10.9. The topological polar surface area (TPSA) is 92.8 Å². The van der Waals surface area contributed by atoms with Gasteiger partial charge in [-0.3, -0.25) is 4.79 Å². The van der Waals surface area contributed by atoms with Crippen molar-refractivity contribution in [3.05, 3.63) is 63.1 Å². The number of anilines is 1. The summed E-state index contributed by atoms with van der Waals surface area (Å²) in [7, 11) is -3.64. The molecule has 33 heavy (non-hydrogen) atoms. The molecule has 1 aliphatic heterocycles. The molecule has 1 amide bonds. The Morgan fingerprint density at radius 2 is 1.76 bits per heavy atom. The van der Waals surface area contributed by atoms with E-state index in [2.05, 4.69) is 5.32 Å². The average molecular weight is 513 g/mol. The lowest BCUT2D eigenvalue weighted by molar-refractivity contribution is -0.120. The van der Waals surface area contributed by atoms with Crippen LogP contribution in [0.15, 0.2) is 36.4 Å². The molecule has 1 saturated heterocycles. The van der Waals surface area contributed by atoms with Gasteiger partial charge < -0.3 is 10.1 Å². The summed E-state index contributed by atoms with van der Waals surface area (Å²) < 4.78 is 32.2. The van der Waals surface area contributed by atoms with Crippen LogP contribution < -0.4 is 5.32 Å². The molecule has 1 heterocycles. The lowest BCUT2D eigenvalue weighted by Crippen LogP contribution is -2.42. The van der Waals surface area contributed by atoms with Crippen molar-refractivity contribution in [3.8, 4) is 0 Å². The zero-order valence-electron chi connectivity index (χ0n) is 18.4. The van der Waals surface area contributed by atoms with Crippen molar-refractivity contribution in [2.45, 2.75) is 32.4 Å². The van der Waals surface area contributed by atoms with Crippen molar-refractivity contribution >= 4 is 50.8 Å². The van der Waals surface area contributed by atoms with Crippen molar-refractivity contribution in [2.75, 3.05) is 25.0 Å². The molecule has 0 saturated carbocycles.